The molecule has 7 heteroatoms. The van der Waals surface area contributed by atoms with E-state index in [-0.39, 0.29) is 10.6 Å². The minimum atomic E-state index is -0.368. The Kier molecular flexibility index (Phi) is 3.82. The maximum atomic E-state index is 10.9. The lowest BCUT2D eigenvalue weighted by Gasteiger charge is -2.07. The summed E-state index contributed by atoms with van der Waals surface area (Å²) in [5.74, 6) is 0. The van der Waals surface area contributed by atoms with Gasteiger partial charge in [-0.25, -0.2) is 0 Å². The molecule has 0 atom stereocenters. The lowest BCUT2D eigenvalue weighted by Crippen LogP contribution is -2.05. The monoisotopic (exact) mass is 373 g/mol. The van der Waals surface area contributed by atoms with Gasteiger partial charge in [0.05, 0.1) is 11.5 Å². The molecule has 1 aromatic carbocycles. The van der Waals surface area contributed by atoms with Gasteiger partial charge in [-0.1, -0.05) is 12.1 Å². The van der Waals surface area contributed by atoms with Gasteiger partial charge in [-0.2, -0.15) is 5.10 Å². The molecule has 2 aromatic rings. The van der Waals surface area contributed by atoms with E-state index in [9.17, 15) is 10.1 Å². The van der Waals surface area contributed by atoms with Crippen molar-refractivity contribution >= 4 is 37.5 Å². The number of hydrogen-bond donors (Lipinski definition) is 0. The van der Waals surface area contributed by atoms with Crippen LogP contribution >= 0.6 is 31.9 Å². The second-order valence-corrected chi connectivity index (χ2v) is 5.39. The quantitative estimate of drug-likeness (QED) is 0.608. The molecule has 0 bridgehead atoms. The van der Waals surface area contributed by atoms with Gasteiger partial charge in [-0.05, 0) is 44.3 Å². The maximum Gasteiger partial charge on any atom is 0.272 e. The Labute approximate surface area is 120 Å². The summed E-state index contributed by atoms with van der Waals surface area (Å²) < 4.78 is 3.27. The number of hydrogen-bond acceptors (Lipinski definition) is 3. The molecular formula is C11H9Br2N3O2. The van der Waals surface area contributed by atoms with Crippen LogP contribution in [0.1, 0.15) is 11.1 Å². The van der Waals surface area contributed by atoms with Crippen molar-refractivity contribution in [1.29, 1.82) is 0 Å². The van der Waals surface area contributed by atoms with Crippen LogP contribution in [-0.4, -0.2) is 14.7 Å². The molecule has 1 aromatic heterocycles. The van der Waals surface area contributed by atoms with Gasteiger partial charge in [0.2, 0.25) is 0 Å². The largest absolute Gasteiger partial charge is 0.272 e. The Morgan fingerprint density at radius 1 is 1.44 bits per heavy atom. The molecule has 0 fully saturated rings. The molecule has 18 heavy (non-hydrogen) atoms. The molecule has 0 saturated carbocycles. The van der Waals surface area contributed by atoms with Gasteiger partial charge in [-0.3, -0.25) is 14.8 Å². The highest BCUT2D eigenvalue weighted by Crippen LogP contribution is 2.23. The van der Waals surface area contributed by atoms with Crippen molar-refractivity contribution in [3.63, 3.8) is 0 Å². The van der Waals surface area contributed by atoms with Crippen LogP contribution in [0.25, 0.3) is 0 Å². The van der Waals surface area contributed by atoms with Crippen molar-refractivity contribution in [2.45, 2.75) is 13.5 Å². The van der Waals surface area contributed by atoms with Crippen molar-refractivity contribution in [2.24, 2.45) is 0 Å². The van der Waals surface area contributed by atoms with Gasteiger partial charge in [-0.15, -0.1) is 0 Å². The average molecular weight is 375 g/mol. The molecule has 0 spiro atoms. The highest BCUT2D eigenvalue weighted by atomic mass is 79.9. The molecule has 2 rings (SSSR count). The van der Waals surface area contributed by atoms with Crippen LogP contribution in [0.4, 0.5) is 5.69 Å². The molecule has 5 nitrogen and oxygen atoms in total. The molecule has 0 unspecified atom stereocenters. The van der Waals surface area contributed by atoms with E-state index in [1.54, 1.807) is 17.7 Å². The Hall–Kier alpha value is -1.21. The highest BCUT2D eigenvalue weighted by molar-refractivity contribution is 9.11. The molecule has 0 N–H and O–H groups in total. The van der Waals surface area contributed by atoms with Gasteiger partial charge in [0.15, 0.2) is 0 Å². The Morgan fingerprint density at radius 2 is 2.17 bits per heavy atom. The number of nitro groups is 1. The molecule has 94 valence electrons. The standard InChI is InChI=1S/C11H9Br2N3O2/c1-7-8(3-2-4-9(7)16(17)18)6-15-11(13)5-10(12)14-15/h2-5H,6H2,1H3. The molecule has 0 radical (unpaired) electrons. The summed E-state index contributed by atoms with van der Waals surface area (Å²) in [5, 5.41) is 15.1. The van der Waals surface area contributed by atoms with Gasteiger partial charge < -0.3 is 0 Å². The first-order valence-corrected chi connectivity index (χ1v) is 6.69. The number of benzene rings is 1. The minimum Gasteiger partial charge on any atom is -0.258 e. The fourth-order valence-electron chi connectivity index (χ4n) is 1.68. The summed E-state index contributed by atoms with van der Waals surface area (Å²) in [7, 11) is 0. The first kappa shape index (κ1) is 13.2. The number of aromatic nitrogens is 2. The summed E-state index contributed by atoms with van der Waals surface area (Å²) >= 11 is 6.67. The van der Waals surface area contributed by atoms with Crippen LogP contribution in [-0.2, 0) is 6.54 Å². The zero-order valence-corrected chi connectivity index (χ0v) is 12.6. The maximum absolute atomic E-state index is 10.9. The zero-order chi connectivity index (χ0) is 13.3. The third-order valence-electron chi connectivity index (χ3n) is 2.64. The minimum absolute atomic E-state index is 0.134. The Balaban J connectivity index is 2.38. The van der Waals surface area contributed by atoms with Crippen molar-refractivity contribution in [3.05, 3.63) is 54.7 Å². The van der Waals surface area contributed by atoms with E-state index < -0.39 is 0 Å². The molecule has 0 aliphatic carbocycles. The lowest BCUT2D eigenvalue weighted by molar-refractivity contribution is -0.385. The van der Waals surface area contributed by atoms with Crippen LogP contribution in [0.5, 0.6) is 0 Å². The molecule has 0 aliphatic heterocycles. The van der Waals surface area contributed by atoms with Gasteiger partial charge in [0.25, 0.3) is 5.69 Å². The van der Waals surface area contributed by atoms with Crippen molar-refractivity contribution in [1.82, 2.24) is 9.78 Å². The smallest absolute Gasteiger partial charge is 0.258 e. The fourth-order valence-corrected chi connectivity index (χ4v) is 2.81. The molecule has 0 amide bonds. The van der Waals surface area contributed by atoms with E-state index in [4.69, 9.17) is 0 Å². The predicted molar refractivity (Wildman–Crippen MR) is 74.6 cm³/mol. The van der Waals surface area contributed by atoms with Crippen molar-refractivity contribution in [2.75, 3.05) is 0 Å². The number of halogens is 2. The van der Waals surface area contributed by atoms with Crippen molar-refractivity contribution in [3.8, 4) is 0 Å². The van der Waals surface area contributed by atoms with Crippen LogP contribution in [0, 0.1) is 17.0 Å². The van der Waals surface area contributed by atoms with Crippen LogP contribution in [0.15, 0.2) is 33.5 Å². The van der Waals surface area contributed by atoms with Crippen LogP contribution in [0.2, 0.25) is 0 Å². The van der Waals surface area contributed by atoms with Gasteiger partial charge in [0, 0.05) is 17.7 Å². The summed E-state index contributed by atoms with van der Waals surface area (Å²) in [5.41, 5.74) is 1.68. The summed E-state index contributed by atoms with van der Waals surface area (Å²) in [6.45, 7) is 2.24. The number of nitrogens with zero attached hydrogens (tertiary/aromatic N) is 3. The molecular weight excluding hydrogens is 366 g/mol. The highest BCUT2D eigenvalue weighted by Gasteiger charge is 2.14. The van der Waals surface area contributed by atoms with Crippen LogP contribution < -0.4 is 0 Å². The second kappa shape index (κ2) is 5.19. The van der Waals surface area contributed by atoms with Gasteiger partial charge in [0.1, 0.15) is 9.21 Å². The first-order valence-electron chi connectivity index (χ1n) is 5.11. The van der Waals surface area contributed by atoms with E-state index in [1.165, 1.54) is 6.07 Å². The molecule has 1 heterocycles. The molecule has 0 aliphatic rings. The summed E-state index contributed by atoms with van der Waals surface area (Å²) in [6, 6.07) is 6.89. The summed E-state index contributed by atoms with van der Waals surface area (Å²) in [4.78, 5) is 10.5. The second-order valence-electron chi connectivity index (χ2n) is 3.77. The van der Waals surface area contributed by atoms with Gasteiger partial charge >= 0.3 is 0 Å². The normalized spacial score (nSPS) is 10.6. The van der Waals surface area contributed by atoms with Crippen LogP contribution in [0.3, 0.4) is 0 Å². The average Bonchev–Trinajstić information content (AvgIpc) is 2.60. The zero-order valence-electron chi connectivity index (χ0n) is 9.43. The number of rotatable bonds is 3. The Morgan fingerprint density at radius 3 is 2.72 bits per heavy atom. The van der Waals surface area contributed by atoms with E-state index >= 15 is 0 Å². The SMILES string of the molecule is Cc1c(Cn2nc(Br)cc2Br)cccc1[N+](=O)[O-]. The van der Waals surface area contributed by atoms with E-state index in [0.29, 0.717) is 12.1 Å². The third kappa shape index (κ3) is 2.62. The van der Waals surface area contributed by atoms with Crippen molar-refractivity contribution < 1.29 is 4.92 Å². The molecule has 0 saturated heterocycles. The van der Waals surface area contributed by atoms with E-state index in [0.717, 1.165) is 14.8 Å². The lowest BCUT2D eigenvalue weighted by atomic mass is 10.1. The van der Waals surface area contributed by atoms with E-state index in [1.807, 2.05) is 12.1 Å². The number of nitro benzene ring substituents is 1. The first-order chi connectivity index (χ1) is 8.49. The fraction of sp³-hybridized carbons (Fsp3) is 0.182. The Bertz CT molecular complexity index is 610. The third-order valence-corrected chi connectivity index (χ3v) is 3.66. The summed E-state index contributed by atoms with van der Waals surface area (Å²) in [6.07, 6.45) is 0. The topological polar surface area (TPSA) is 61.0 Å². The predicted octanol–water partition coefficient (Wildman–Crippen LogP) is 3.67. The van der Waals surface area contributed by atoms with E-state index in [2.05, 4.69) is 37.0 Å².